The number of thiazole rings is 1. The number of nitrogen functional groups attached to an aromatic ring is 1. The molecule has 1 aromatic heterocycles. The Balaban J connectivity index is 2.27. The third kappa shape index (κ3) is 3.18. The number of hydrogen-bond acceptors (Lipinski definition) is 4. The summed E-state index contributed by atoms with van der Waals surface area (Å²) in [5, 5.41) is 4.47. The summed E-state index contributed by atoms with van der Waals surface area (Å²) in [4.78, 5) is 16.2. The molecule has 0 spiro atoms. The van der Waals surface area contributed by atoms with E-state index in [1.165, 1.54) is 11.3 Å². The van der Waals surface area contributed by atoms with Gasteiger partial charge in [-0.2, -0.15) is 0 Å². The van der Waals surface area contributed by atoms with Crippen LogP contribution in [0.2, 0.25) is 0 Å². The van der Waals surface area contributed by atoms with E-state index in [2.05, 4.69) is 10.3 Å². The van der Waals surface area contributed by atoms with E-state index in [1.807, 2.05) is 20.8 Å². The predicted octanol–water partition coefficient (Wildman–Crippen LogP) is 3.55. The summed E-state index contributed by atoms with van der Waals surface area (Å²) >= 11 is 1.20. The number of amides is 1. The van der Waals surface area contributed by atoms with Crippen LogP contribution in [0.25, 0.3) is 0 Å². The van der Waals surface area contributed by atoms with E-state index >= 15 is 0 Å². The third-order valence-corrected chi connectivity index (χ3v) is 3.60. The van der Waals surface area contributed by atoms with E-state index in [9.17, 15) is 13.6 Å². The molecule has 21 heavy (non-hydrogen) atoms. The van der Waals surface area contributed by atoms with Gasteiger partial charge in [-0.25, -0.2) is 13.8 Å². The molecule has 0 radical (unpaired) electrons. The number of nitrogens with two attached hydrogens (primary N) is 1. The fraction of sp³-hybridized carbons (Fsp3) is 0.286. The van der Waals surface area contributed by atoms with Crippen LogP contribution in [0.1, 0.15) is 36.8 Å². The Bertz CT molecular complexity index is 692. The Morgan fingerprint density at radius 3 is 2.57 bits per heavy atom. The lowest BCUT2D eigenvalue weighted by Crippen LogP contribution is -2.17. The number of halogens is 2. The Morgan fingerprint density at radius 2 is 2.00 bits per heavy atom. The zero-order valence-corrected chi connectivity index (χ0v) is 12.6. The summed E-state index contributed by atoms with van der Waals surface area (Å²) in [5.41, 5.74) is 4.97. The first-order valence-corrected chi connectivity index (χ1v) is 7.09. The molecule has 2 rings (SSSR count). The van der Waals surface area contributed by atoms with E-state index in [1.54, 1.807) is 5.38 Å². The summed E-state index contributed by atoms with van der Waals surface area (Å²) in [5.74, 6) is -2.95. The van der Waals surface area contributed by atoms with Crippen molar-refractivity contribution in [1.82, 2.24) is 4.98 Å². The van der Waals surface area contributed by atoms with E-state index < -0.39 is 23.1 Å². The first-order chi connectivity index (χ1) is 9.70. The van der Waals surface area contributed by atoms with Gasteiger partial charge in [-0.15, -0.1) is 11.3 Å². The molecule has 0 bridgehead atoms. The van der Waals surface area contributed by atoms with Crippen LogP contribution in [-0.4, -0.2) is 10.9 Å². The topological polar surface area (TPSA) is 68.0 Å². The van der Waals surface area contributed by atoms with Gasteiger partial charge in [0.25, 0.3) is 5.91 Å². The highest BCUT2D eigenvalue weighted by molar-refractivity contribution is 7.14. The van der Waals surface area contributed by atoms with Gasteiger partial charge < -0.3 is 5.73 Å². The molecular formula is C14H15F2N3OS. The predicted molar refractivity (Wildman–Crippen MR) is 79.5 cm³/mol. The average molecular weight is 311 g/mol. The Labute approximate surface area is 125 Å². The number of anilines is 2. The summed E-state index contributed by atoms with van der Waals surface area (Å²) in [7, 11) is 0. The Morgan fingerprint density at radius 1 is 1.33 bits per heavy atom. The fourth-order valence-electron chi connectivity index (χ4n) is 1.61. The molecule has 0 unspecified atom stereocenters. The second kappa shape index (κ2) is 5.40. The number of aromatic nitrogens is 1. The van der Waals surface area contributed by atoms with Crippen LogP contribution in [-0.2, 0) is 5.41 Å². The van der Waals surface area contributed by atoms with Crippen LogP contribution in [0.5, 0.6) is 0 Å². The summed E-state index contributed by atoms with van der Waals surface area (Å²) in [6, 6.07) is 2.03. The number of hydrogen-bond donors (Lipinski definition) is 2. The minimum Gasteiger partial charge on any atom is -0.396 e. The van der Waals surface area contributed by atoms with Gasteiger partial charge in [0.15, 0.2) is 10.9 Å². The van der Waals surface area contributed by atoms with E-state index in [4.69, 9.17) is 5.73 Å². The quantitative estimate of drug-likeness (QED) is 0.833. The third-order valence-electron chi connectivity index (χ3n) is 2.84. The Hall–Kier alpha value is -2.02. The molecule has 0 aliphatic rings. The van der Waals surface area contributed by atoms with E-state index in [0.29, 0.717) is 0 Å². The summed E-state index contributed by atoms with van der Waals surface area (Å²) in [6.45, 7) is 5.93. The van der Waals surface area contributed by atoms with Crippen molar-refractivity contribution in [2.45, 2.75) is 26.2 Å². The van der Waals surface area contributed by atoms with E-state index in [-0.39, 0.29) is 16.2 Å². The number of nitrogens with zero attached hydrogens (tertiary/aromatic N) is 1. The molecule has 0 aliphatic carbocycles. The fourth-order valence-corrected chi connectivity index (χ4v) is 2.54. The zero-order chi connectivity index (χ0) is 15.8. The van der Waals surface area contributed by atoms with Crippen molar-refractivity contribution in [3.63, 3.8) is 0 Å². The average Bonchev–Trinajstić information content (AvgIpc) is 2.83. The minimum atomic E-state index is -1.07. The normalized spacial score (nSPS) is 11.5. The highest BCUT2D eigenvalue weighted by atomic mass is 32.1. The molecule has 3 N–H and O–H groups in total. The molecule has 1 aromatic carbocycles. The molecule has 1 heterocycles. The van der Waals surface area contributed by atoms with Crippen LogP contribution in [0.3, 0.4) is 0 Å². The second-order valence-corrected chi connectivity index (χ2v) is 6.43. The summed E-state index contributed by atoms with van der Waals surface area (Å²) in [6.07, 6.45) is 0. The van der Waals surface area contributed by atoms with Gasteiger partial charge >= 0.3 is 0 Å². The molecule has 0 saturated carbocycles. The highest BCUT2D eigenvalue weighted by Crippen LogP contribution is 2.27. The van der Waals surface area contributed by atoms with Crippen molar-refractivity contribution in [3.05, 3.63) is 40.4 Å². The highest BCUT2D eigenvalue weighted by Gasteiger charge is 2.22. The first-order valence-electron chi connectivity index (χ1n) is 6.21. The molecule has 112 valence electrons. The summed E-state index contributed by atoms with van der Waals surface area (Å²) < 4.78 is 27.4. The van der Waals surface area contributed by atoms with Gasteiger partial charge in [-0.3, -0.25) is 10.1 Å². The number of rotatable bonds is 2. The standard InChI is InChI=1S/C14H15F2N3OS/c1-14(2,3)9-6-21-13(18-9)19-12(20)10-7(15)4-5-8(17)11(10)16/h4-6H,17H2,1-3H3,(H,18,19,20). The van der Waals surface area contributed by atoms with Crippen molar-refractivity contribution in [1.29, 1.82) is 0 Å². The van der Waals surface area contributed by atoms with Gasteiger partial charge in [0, 0.05) is 10.8 Å². The van der Waals surface area contributed by atoms with E-state index in [0.717, 1.165) is 17.8 Å². The minimum absolute atomic E-state index is 0.173. The van der Waals surface area contributed by atoms with Crippen molar-refractivity contribution in [3.8, 4) is 0 Å². The lowest BCUT2D eigenvalue weighted by molar-refractivity contribution is 0.101. The molecule has 4 nitrogen and oxygen atoms in total. The lowest BCUT2D eigenvalue weighted by Gasteiger charge is -2.14. The van der Waals surface area contributed by atoms with Crippen molar-refractivity contribution >= 4 is 28.1 Å². The SMILES string of the molecule is CC(C)(C)c1csc(NC(=O)c2c(F)ccc(N)c2F)n1. The van der Waals surface area contributed by atoms with Crippen molar-refractivity contribution in [2.24, 2.45) is 0 Å². The molecule has 0 aliphatic heterocycles. The molecule has 0 saturated heterocycles. The maximum Gasteiger partial charge on any atom is 0.263 e. The van der Waals surface area contributed by atoms with Crippen molar-refractivity contribution < 1.29 is 13.6 Å². The van der Waals surface area contributed by atoms with Crippen LogP contribution in [0.4, 0.5) is 19.6 Å². The lowest BCUT2D eigenvalue weighted by atomic mass is 9.93. The largest absolute Gasteiger partial charge is 0.396 e. The van der Waals surface area contributed by atoms with Crippen LogP contribution in [0.15, 0.2) is 17.5 Å². The zero-order valence-electron chi connectivity index (χ0n) is 11.8. The van der Waals surface area contributed by atoms with Crippen LogP contribution < -0.4 is 11.1 Å². The van der Waals surface area contributed by atoms with Gasteiger partial charge in [0.05, 0.1) is 11.4 Å². The number of carbonyl (C=O) groups excluding carboxylic acids is 1. The van der Waals surface area contributed by atoms with Gasteiger partial charge in [0.2, 0.25) is 0 Å². The van der Waals surface area contributed by atoms with Crippen LogP contribution in [0, 0.1) is 11.6 Å². The smallest absolute Gasteiger partial charge is 0.263 e. The number of carbonyl (C=O) groups is 1. The molecule has 0 fully saturated rings. The number of nitrogens with one attached hydrogen (secondary N) is 1. The van der Waals surface area contributed by atoms with Crippen LogP contribution >= 0.6 is 11.3 Å². The van der Waals surface area contributed by atoms with Gasteiger partial charge in [-0.1, -0.05) is 20.8 Å². The molecule has 0 atom stereocenters. The van der Waals surface area contributed by atoms with Gasteiger partial charge in [-0.05, 0) is 12.1 Å². The molecular weight excluding hydrogens is 296 g/mol. The Kier molecular flexibility index (Phi) is 3.95. The maximum atomic E-state index is 13.8. The molecule has 1 amide bonds. The second-order valence-electron chi connectivity index (χ2n) is 5.57. The van der Waals surface area contributed by atoms with Crippen molar-refractivity contribution in [2.75, 3.05) is 11.1 Å². The molecule has 2 aromatic rings. The first kappa shape index (κ1) is 15.4. The van der Waals surface area contributed by atoms with Gasteiger partial charge in [0.1, 0.15) is 11.4 Å². The maximum absolute atomic E-state index is 13.8. The molecule has 7 heteroatoms. The number of benzene rings is 1. The monoisotopic (exact) mass is 311 g/mol.